The van der Waals surface area contributed by atoms with E-state index in [1.165, 1.54) is 0 Å². The number of carbonyl (C=O) groups excluding carboxylic acids is 1. The Hall–Kier alpha value is -2.67. The molecule has 0 atom stereocenters. The Morgan fingerprint density at radius 3 is 2.81 bits per heavy atom. The molecular formula is C19H22N4O3. The van der Waals surface area contributed by atoms with Gasteiger partial charge in [-0.1, -0.05) is 18.2 Å². The van der Waals surface area contributed by atoms with Gasteiger partial charge in [0.1, 0.15) is 17.0 Å². The summed E-state index contributed by atoms with van der Waals surface area (Å²) in [5.74, 6) is 0.774. The minimum absolute atomic E-state index is 0.152. The molecule has 2 aliphatic heterocycles. The number of H-pyrrole nitrogens is 1. The second-order valence-electron chi connectivity index (χ2n) is 7.05. The fourth-order valence-electron chi connectivity index (χ4n) is 3.61. The third-order valence-corrected chi connectivity index (χ3v) is 5.23. The molecule has 3 heterocycles. The molecule has 0 radical (unpaired) electrons. The van der Waals surface area contributed by atoms with Gasteiger partial charge in [0, 0.05) is 50.1 Å². The minimum atomic E-state index is -0.294. The van der Waals surface area contributed by atoms with Gasteiger partial charge in [-0.05, 0) is 19.1 Å². The van der Waals surface area contributed by atoms with Crippen molar-refractivity contribution in [2.45, 2.75) is 31.9 Å². The zero-order chi connectivity index (χ0) is 18.1. The van der Waals surface area contributed by atoms with Gasteiger partial charge >= 0.3 is 0 Å². The Labute approximate surface area is 151 Å². The molecule has 1 amide bonds. The average molecular weight is 354 g/mol. The third kappa shape index (κ3) is 3.10. The Morgan fingerprint density at radius 1 is 1.27 bits per heavy atom. The van der Waals surface area contributed by atoms with E-state index in [1.807, 2.05) is 18.2 Å². The van der Waals surface area contributed by atoms with Crippen LogP contribution in [0.2, 0.25) is 0 Å². The van der Waals surface area contributed by atoms with E-state index in [-0.39, 0.29) is 22.8 Å². The molecule has 7 heteroatoms. The molecule has 1 saturated heterocycles. The van der Waals surface area contributed by atoms with Crippen molar-refractivity contribution in [2.24, 2.45) is 0 Å². The van der Waals surface area contributed by atoms with Crippen LogP contribution in [-0.2, 0) is 6.54 Å². The number of aromatic nitrogens is 2. The topological polar surface area (TPSA) is 87.3 Å². The van der Waals surface area contributed by atoms with Crippen molar-refractivity contribution in [3.63, 3.8) is 0 Å². The van der Waals surface area contributed by atoms with Gasteiger partial charge in [-0.15, -0.1) is 0 Å². The van der Waals surface area contributed by atoms with Gasteiger partial charge in [0.15, 0.2) is 0 Å². The summed E-state index contributed by atoms with van der Waals surface area (Å²) in [5.41, 5.74) is 1.37. The number of amides is 1. The smallest absolute Gasteiger partial charge is 0.274 e. The van der Waals surface area contributed by atoms with Crippen LogP contribution in [0.5, 0.6) is 5.75 Å². The Bertz CT molecular complexity index is 884. The molecule has 2 N–H and O–H groups in total. The van der Waals surface area contributed by atoms with Crippen molar-refractivity contribution in [3.05, 3.63) is 57.5 Å². The summed E-state index contributed by atoms with van der Waals surface area (Å²) in [4.78, 5) is 25.9. The predicted molar refractivity (Wildman–Crippen MR) is 96.2 cm³/mol. The summed E-state index contributed by atoms with van der Waals surface area (Å²) >= 11 is 0. The Kier molecular flexibility index (Phi) is 4.24. The lowest BCUT2D eigenvalue weighted by atomic mass is 9.90. The number of piperidine rings is 1. The molecule has 1 aromatic carbocycles. The number of carbonyl (C=O) groups is 1. The normalized spacial score (nSPS) is 18.7. The first-order chi connectivity index (χ1) is 12.6. The van der Waals surface area contributed by atoms with Gasteiger partial charge in [0.25, 0.3) is 11.5 Å². The molecule has 7 nitrogen and oxygen atoms in total. The summed E-state index contributed by atoms with van der Waals surface area (Å²) in [6, 6.07) is 9.63. The third-order valence-electron chi connectivity index (χ3n) is 5.23. The molecule has 2 aromatic rings. The maximum atomic E-state index is 12.7. The van der Waals surface area contributed by atoms with Crippen molar-refractivity contribution in [1.29, 1.82) is 0 Å². The summed E-state index contributed by atoms with van der Waals surface area (Å²) in [5, 5.41) is 9.74. The first-order valence-electron chi connectivity index (χ1n) is 8.90. The number of likely N-dealkylation sites (tertiary alicyclic amines) is 1. The van der Waals surface area contributed by atoms with Crippen LogP contribution in [0.1, 0.15) is 34.5 Å². The zero-order valence-electron chi connectivity index (χ0n) is 14.7. The number of aryl methyl sites for hydroxylation is 1. The van der Waals surface area contributed by atoms with E-state index < -0.39 is 0 Å². The van der Waals surface area contributed by atoms with Crippen LogP contribution < -0.4 is 15.6 Å². The van der Waals surface area contributed by atoms with E-state index in [2.05, 4.69) is 21.6 Å². The van der Waals surface area contributed by atoms with Gasteiger partial charge in [-0.3, -0.25) is 9.59 Å². The van der Waals surface area contributed by atoms with E-state index >= 15 is 0 Å². The Morgan fingerprint density at radius 2 is 2.04 bits per heavy atom. The first kappa shape index (κ1) is 16.8. The maximum Gasteiger partial charge on any atom is 0.274 e. The highest BCUT2D eigenvalue weighted by molar-refractivity contribution is 5.92. The lowest BCUT2D eigenvalue weighted by Crippen LogP contribution is -2.53. The number of aromatic amines is 1. The Balaban J connectivity index is 1.47. The molecule has 1 spiro atoms. The largest absolute Gasteiger partial charge is 0.485 e. The minimum Gasteiger partial charge on any atom is -0.485 e. The quantitative estimate of drug-likeness (QED) is 0.804. The van der Waals surface area contributed by atoms with Gasteiger partial charge < -0.3 is 15.0 Å². The molecule has 0 saturated carbocycles. The van der Waals surface area contributed by atoms with Crippen LogP contribution in [0.25, 0.3) is 0 Å². The molecule has 2 aliphatic rings. The summed E-state index contributed by atoms with van der Waals surface area (Å²) in [7, 11) is 0. The van der Waals surface area contributed by atoms with Crippen LogP contribution in [0.4, 0.5) is 0 Å². The van der Waals surface area contributed by atoms with Gasteiger partial charge in [0.2, 0.25) is 0 Å². The van der Waals surface area contributed by atoms with Crippen LogP contribution in [0, 0.1) is 6.92 Å². The number of nitrogens with one attached hydrogen (secondary N) is 2. The van der Waals surface area contributed by atoms with Crippen LogP contribution >= 0.6 is 0 Å². The highest BCUT2D eigenvalue weighted by Crippen LogP contribution is 2.33. The summed E-state index contributed by atoms with van der Waals surface area (Å²) in [6.07, 6.45) is 1.50. The van der Waals surface area contributed by atoms with Crippen molar-refractivity contribution in [2.75, 3.05) is 19.6 Å². The molecule has 0 aliphatic carbocycles. The number of hydrogen-bond acceptors (Lipinski definition) is 5. The lowest BCUT2D eigenvalue weighted by Gasteiger charge is -2.41. The van der Waals surface area contributed by atoms with Gasteiger partial charge in [-0.25, -0.2) is 5.10 Å². The second kappa shape index (κ2) is 6.57. The molecule has 1 fully saturated rings. The number of hydrogen-bond donors (Lipinski definition) is 2. The molecule has 4 rings (SSSR count). The van der Waals surface area contributed by atoms with Crippen LogP contribution in [0.15, 0.2) is 35.1 Å². The standard InChI is InChI=1S/C19H22N4O3/c1-13-10-15(21-22-17(13)24)18(25)23-8-6-19(7-9-23)12-20-11-14-4-2-3-5-16(14)26-19/h2-5,10,20H,6-9,11-12H2,1H3,(H,22,24). The fourth-order valence-corrected chi connectivity index (χ4v) is 3.61. The zero-order valence-corrected chi connectivity index (χ0v) is 14.7. The van der Waals surface area contributed by atoms with E-state index in [0.717, 1.165) is 37.2 Å². The lowest BCUT2D eigenvalue weighted by molar-refractivity contribution is 0.00744. The summed E-state index contributed by atoms with van der Waals surface area (Å²) < 4.78 is 6.39. The van der Waals surface area contributed by atoms with E-state index in [1.54, 1.807) is 17.9 Å². The predicted octanol–water partition coefficient (Wildman–Crippen LogP) is 1.24. The molecule has 0 unspecified atom stereocenters. The van der Waals surface area contributed by atoms with Crippen molar-refractivity contribution >= 4 is 5.91 Å². The highest BCUT2D eigenvalue weighted by Gasteiger charge is 2.39. The maximum absolute atomic E-state index is 12.7. The monoisotopic (exact) mass is 354 g/mol. The van der Waals surface area contributed by atoms with Crippen molar-refractivity contribution < 1.29 is 9.53 Å². The molecular weight excluding hydrogens is 332 g/mol. The number of para-hydroxylation sites is 1. The van der Waals surface area contributed by atoms with E-state index in [0.29, 0.717) is 18.7 Å². The number of benzene rings is 1. The number of fused-ring (bicyclic) bond motifs is 1. The van der Waals surface area contributed by atoms with Crippen LogP contribution in [0.3, 0.4) is 0 Å². The fraction of sp³-hybridized carbons (Fsp3) is 0.421. The van der Waals surface area contributed by atoms with Gasteiger partial charge in [0.05, 0.1) is 0 Å². The van der Waals surface area contributed by atoms with E-state index in [9.17, 15) is 9.59 Å². The molecule has 136 valence electrons. The molecule has 0 bridgehead atoms. The SMILES string of the molecule is Cc1cc(C(=O)N2CCC3(CC2)CNCc2ccccc2O3)n[nH]c1=O. The second-order valence-corrected chi connectivity index (χ2v) is 7.05. The highest BCUT2D eigenvalue weighted by atomic mass is 16.5. The van der Waals surface area contributed by atoms with Crippen LogP contribution in [-0.4, -0.2) is 46.2 Å². The number of ether oxygens (including phenoxy) is 1. The van der Waals surface area contributed by atoms with E-state index in [4.69, 9.17) is 4.74 Å². The van der Waals surface area contributed by atoms with Crippen molar-refractivity contribution in [3.8, 4) is 5.75 Å². The number of rotatable bonds is 1. The first-order valence-corrected chi connectivity index (χ1v) is 8.90. The molecule has 26 heavy (non-hydrogen) atoms. The van der Waals surface area contributed by atoms with Gasteiger partial charge in [-0.2, -0.15) is 5.10 Å². The summed E-state index contributed by atoms with van der Waals surface area (Å²) in [6.45, 7) is 4.43. The average Bonchev–Trinajstić information content (AvgIpc) is 2.83. The number of nitrogens with zero attached hydrogens (tertiary/aromatic N) is 2. The van der Waals surface area contributed by atoms with Crippen molar-refractivity contribution in [1.82, 2.24) is 20.4 Å². The molecule has 1 aromatic heterocycles.